The molecule has 0 aliphatic heterocycles. The van der Waals surface area contributed by atoms with Gasteiger partial charge >= 0.3 is 0 Å². The summed E-state index contributed by atoms with van der Waals surface area (Å²) < 4.78 is 1.94. The van der Waals surface area contributed by atoms with E-state index in [1.807, 2.05) is 11.5 Å². The van der Waals surface area contributed by atoms with Crippen molar-refractivity contribution in [2.24, 2.45) is 5.73 Å². The molecule has 0 saturated carbocycles. The van der Waals surface area contributed by atoms with Gasteiger partial charge < -0.3 is 15.6 Å². The largest absolute Gasteiger partial charge is 0.366 e. The maximum Gasteiger partial charge on any atom is 0.248 e. The SMILES string of the molecule is CCn1cnc2c(Nc3ccc(C(N)=O)cc3)ncnc21. The number of hydrogen-bond donors (Lipinski definition) is 2. The maximum absolute atomic E-state index is 11.0. The van der Waals surface area contributed by atoms with Crippen LogP contribution in [-0.2, 0) is 6.54 Å². The predicted octanol–water partition coefficient (Wildman–Crippen LogP) is 1.69. The van der Waals surface area contributed by atoms with E-state index in [9.17, 15) is 4.79 Å². The minimum Gasteiger partial charge on any atom is -0.366 e. The van der Waals surface area contributed by atoms with Crippen LogP contribution in [0.25, 0.3) is 11.2 Å². The average Bonchev–Trinajstić information content (AvgIpc) is 2.92. The molecule has 3 N–H and O–H groups in total. The standard InChI is InChI=1S/C14H14N6O/c1-2-20-8-18-11-13(16-7-17-14(11)20)19-10-5-3-9(4-6-10)12(15)21/h3-8H,2H2,1H3,(H2,15,21)(H,16,17,19). The quantitative estimate of drug-likeness (QED) is 0.758. The molecule has 21 heavy (non-hydrogen) atoms. The number of benzene rings is 1. The molecule has 0 radical (unpaired) electrons. The van der Waals surface area contributed by atoms with Crippen LogP contribution < -0.4 is 11.1 Å². The monoisotopic (exact) mass is 282 g/mol. The van der Waals surface area contributed by atoms with E-state index in [2.05, 4.69) is 20.3 Å². The van der Waals surface area contributed by atoms with Crippen LogP contribution in [-0.4, -0.2) is 25.4 Å². The first-order chi connectivity index (χ1) is 10.2. The van der Waals surface area contributed by atoms with Crippen molar-refractivity contribution >= 4 is 28.6 Å². The van der Waals surface area contributed by atoms with Gasteiger partial charge in [-0.25, -0.2) is 15.0 Å². The summed E-state index contributed by atoms with van der Waals surface area (Å²) in [5.41, 5.74) is 7.96. The molecule has 3 rings (SSSR count). The number of aromatic nitrogens is 4. The molecule has 7 nitrogen and oxygen atoms in total. The fourth-order valence-corrected chi connectivity index (χ4v) is 2.06. The molecule has 7 heteroatoms. The summed E-state index contributed by atoms with van der Waals surface area (Å²) in [7, 11) is 0. The van der Waals surface area contributed by atoms with Crippen LogP contribution >= 0.6 is 0 Å². The van der Waals surface area contributed by atoms with Gasteiger partial charge in [-0.2, -0.15) is 0 Å². The predicted molar refractivity (Wildman–Crippen MR) is 79.2 cm³/mol. The van der Waals surface area contributed by atoms with Crippen molar-refractivity contribution in [2.75, 3.05) is 5.32 Å². The molecule has 106 valence electrons. The number of hydrogen-bond acceptors (Lipinski definition) is 5. The van der Waals surface area contributed by atoms with Gasteiger partial charge in [0.1, 0.15) is 6.33 Å². The molecule has 0 aliphatic carbocycles. The normalized spacial score (nSPS) is 10.7. The van der Waals surface area contributed by atoms with Crippen LogP contribution in [0.4, 0.5) is 11.5 Å². The Kier molecular flexibility index (Phi) is 3.23. The van der Waals surface area contributed by atoms with Crippen LogP contribution in [0.15, 0.2) is 36.9 Å². The lowest BCUT2D eigenvalue weighted by Gasteiger charge is -2.06. The van der Waals surface area contributed by atoms with E-state index in [1.165, 1.54) is 6.33 Å². The molecule has 0 fully saturated rings. The van der Waals surface area contributed by atoms with Crippen LogP contribution in [0.5, 0.6) is 0 Å². The molecule has 0 atom stereocenters. The highest BCUT2D eigenvalue weighted by molar-refractivity contribution is 5.93. The van der Waals surface area contributed by atoms with Crippen LogP contribution in [0.1, 0.15) is 17.3 Å². The number of fused-ring (bicyclic) bond motifs is 1. The molecule has 0 unspecified atom stereocenters. The van der Waals surface area contributed by atoms with E-state index in [1.54, 1.807) is 30.6 Å². The van der Waals surface area contributed by atoms with Gasteiger partial charge in [-0.05, 0) is 31.2 Å². The van der Waals surface area contributed by atoms with Crippen molar-refractivity contribution in [3.05, 3.63) is 42.5 Å². The van der Waals surface area contributed by atoms with Crippen molar-refractivity contribution in [1.82, 2.24) is 19.5 Å². The van der Waals surface area contributed by atoms with Crippen LogP contribution in [0.3, 0.4) is 0 Å². The highest BCUT2D eigenvalue weighted by Crippen LogP contribution is 2.21. The lowest BCUT2D eigenvalue weighted by atomic mass is 10.2. The topological polar surface area (TPSA) is 98.7 Å². The number of carbonyl (C=O) groups is 1. The number of anilines is 2. The second-order valence-corrected chi connectivity index (χ2v) is 4.49. The Balaban J connectivity index is 1.94. The number of primary amides is 1. The molecular formula is C14H14N6O. The van der Waals surface area contributed by atoms with Crippen molar-refractivity contribution < 1.29 is 4.79 Å². The summed E-state index contributed by atoms with van der Waals surface area (Å²) in [6.45, 7) is 2.82. The summed E-state index contributed by atoms with van der Waals surface area (Å²) >= 11 is 0. The third kappa shape index (κ3) is 2.40. The zero-order valence-electron chi connectivity index (χ0n) is 11.4. The molecule has 0 saturated heterocycles. The third-order valence-electron chi connectivity index (χ3n) is 3.17. The number of amides is 1. The summed E-state index contributed by atoms with van der Waals surface area (Å²) in [5, 5.41) is 3.17. The average molecular weight is 282 g/mol. The molecule has 2 aromatic heterocycles. The smallest absolute Gasteiger partial charge is 0.248 e. The van der Waals surface area contributed by atoms with Gasteiger partial charge in [0.2, 0.25) is 5.91 Å². The highest BCUT2D eigenvalue weighted by atomic mass is 16.1. The Morgan fingerprint density at radius 1 is 1.24 bits per heavy atom. The minimum atomic E-state index is -0.451. The van der Waals surface area contributed by atoms with Gasteiger partial charge in [0.05, 0.1) is 6.33 Å². The number of nitrogens with zero attached hydrogens (tertiary/aromatic N) is 4. The van der Waals surface area contributed by atoms with Gasteiger partial charge in [0.15, 0.2) is 17.0 Å². The first kappa shape index (κ1) is 13.0. The summed E-state index contributed by atoms with van der Waals surface area (Å²) in [4.78, 5) is 23.8. The number of nitrogens with one attached hydrogen (secondary N) is 1. The molecule has 1 amide bonds. The van der Waals surface area contributed by atoms with E-state index >= 15 is 0 Å². The summed E-state index contributed by atoms with van der Waals surface area (Å²) in [6, 6.07) is 6.86. The molecular weight excluding hydrogens is 268 g/mol. The Bertz CT molecular complexity index is 793. The van der Waals surface area contributed by atoms with Gasteiger partial charge in [-0.1, -0.05) is 0 Å². The Labute approximate surface area is 120 Å². The Hall–Kier alpha value is -2.96. The number of carbonyl (C=O) groups excluding carboxylic acids is 1. The highest BCUT2D eigenvalue weighted by Gasteiger charge is 2.09. The van der Waals surface area contributed by atoms with Gasteiger partial charge in [0.25, 0.3) is 0 Å². The van der Waals surface area contributed by atoms with Crippen molar-refractivity contribution in [1.29, 1.82) is 0 Å². The molecule has 0 aliphatic rings. The minimum absolute atomic E-state index is 0.451. The van der Waals surface area contributed by atoms with E-state index in [-0.39, 0.29) is 0 Å². The van der Waals surface area contributed by atoms with Crippen LogP contribution in [0, 0.1) is 0 Å². The van der Waals surface area contributed by atoms with Gasteiger partial charge in [0, 0.05) is 17.8 Å². The van der Waals surface area contributed by atoms with Crippen molar-refractivity contribution in [3.8, 4) is 0 Å². The fraction of sp³-hybridized carbons (Fsp3) is 0.143. The zero-order chi connectivity index (χ0) is 14.8. The zero-order valence-corrected chi connectivity index (χ0v) is 11.4. The van der Waals surface area contributed by atoms with E-state index < -0.39 is 5.91 Å². The first-order valence-electron chi connectivity index (χ1n) is 6.51. The van der Waals surface area contributed by atoms with Gasteiger partial charge in [-0.15, -0.1) is 0 Å². The third-order valence-corrected chi connectivity index (χ3v) is 3.17. The molecule has 1 aromatic carbocycles. The van der Waals surface area contributed by atoms with Crippen LogP contribution in [0.2, 0.25) is 0 Å². The first-order valence-corrected chi connectivity index (χ1v) is 6.51. The van der Waals surface area contributed by atoms with Crippen molar-refractivity contribution in [3.63, 3.8) is 0 Å². The maximum atomic E-state index is 11.0. The molecule has 3 aromatic rings. The number of aryl methyl sites for hydroxylation is 1. The second kappa shape index (κ2) is 5.20. The van der Waals surface area contributed by atoms with Crippen molar-refractivity contribution in [2.45, 2.75) is 13.5 Å². The lowest BCUT2D eigenvalue weighted by Crippen LogP contribution is -2.10. The number of imidazole rings is 1. The van der Waals surface area contributed by atoms with Gasteiger partial charge in [-0.3, -0.25) is 4.79 Å². The Morgan fingerprint density at radius 2 is 2.00 bits per heavy atom. The fourth-order valence-electron chi connectivity index (χ4n) is 2.06. The Morgan fingerprint density at radius 3 is 2.67 bits per heavy atom. The van der Waals surface area contributed by atoms with E-state index in [0.29, 0.717) is 16.9 Å². The van der Waals surface area contributed by atoms with E-state index in [0.717, 1.165) is 17.9 Å². The summed E-state index contributed by atoms with van der Waals surface area (Å²) in [6.07, 6.45) is 3.23. The molecule has 2 heterocycles. The molecule has 0 bridgehead atoms. The number of rotatable bonds is 4. The molecule has 0 spiro atoms. The van der Waals surface area contributed by atoms with E-state index in [4.69, 9.17) is 5.73 Å². The number of nitrogens with two attached hydrogens (primary N) is 1. The summed E-state index contributed by atoms with van der Waals surface area (Å²) in [5.74, 6) is 0.173. The lowest BCUT2D eigenvalue weighted by molar-refractivity contribution is 0.100. The second-order valence-electron chi connectivity index (χ2n) is 4.49.